The van der Waals surface area contributed by atoms with Gasteiger partial charge in [0.1, 0.15) is 0 Å². The highest BCUT2D eigenvalue weighted by Crippen LogP contribution is 2.32. The number of hydrogen-bond acceptors (Lipinski definition) is 4. The normalized spacial score (nSPS) is 15.3. The van der Waals surface area contributed by atoms with E-state index in [1.807, 2.05) is 0 Å². The Hall–Kier alpha value is -0.780. The molecule has 0 aromatic heterocycles. The molecular formula is C12H12Cl2O4S. The van der Waals surface area contributed by atoms with Crippen LogP contribution in [0.1, 0.15) is 29.6 Å². The van der Waals surface area contributed by atoms with Gasteiger partial charge in [-0.05, 0) is 30.5 Å². The first-order valence-electron chi connectivity index (χ1n) is 5.79. The van der Waals surface area contributed by atoms with E-state index in [9.17, 15) is 13.2 Å². The van der Waals surface area contributed by atoms with Crippen molar-refractivity contribution in [3.05, 3.63) is 28.8 Å². The third kappa shape index (κ3) is 4.09. The number of esters is 1. The zero-order valence-corrected chi connectivity index (χ0v) is 12.3. The average Bonchev–Trinajstić information content (AvgIpc) is 3.12. The van der Waals surface area contributed by atoms with Gasteiger partial charge in [0.2, 0.25) is 0 Å². The molecule has 0 saturated heterocycles. The molecule has 0 atom stereocenters. The first-order chi connectivity index (χ1) is 8.88. The molecule has 4 nitrogen and oxygen atoms in total. The second-order valence-electron chi connectivity index (χ2n) is 4.45. The van der Waals surface area contributed by atoms with Gasteiger partial charge in [0.15, 0.2) is 0 Å². The van der Waals surface area contributed by atoms with Gasteiger partial charge < -0.3 is 4.74 Å². The van der Waals surface area contributed by atoms with Crippen LogP contribution in [0.5, 0.6) is 0 Å². The second kappa shape index (κ2) is 5.69. The number of carbonyl (C=O) groups is 1. The molecule has 0 N–H and O–H groups in total. The van der Waals surface area contributed by atoms with Crippen molar-refractivity contribution in [1.82, 2.24) is 0 Å². The zero-order chi connectivity index (χ0) is 14.0. The third-order valence-corrected chi connectivity index (χ3v) is 4.58. The number of rotatable bonds is 5. The van der Waals surface area contributed by atoms with Crippen LogP contribution in [0.15, 0.2) is 23.1 Å². The maximum Gasteiger partial charge on any atom is 0.339 e. The summed E-state index contributed by atoms with van der Waals surface area (Å²) in [5, 5.41) is 0.139. The van der Waals surface area contributed by atoms with E-state index in [1.54, 1.807) is 0 Å². The van der Waals surface area contributed by atoms with E-state index in [-0.39, 0.29) is 15.5 Å². The molecule has 0 aliphatic heterocycles. The van der Waals surface area contributed by atoms with Crippen molar-refractivity contribution in [2.24, 2.45) is 5.92 Å². The molecule has 0 radical (unpaired) electrons. The maximum atomic E-state index is 11.8. The minimum absolute atomic E-state index is 0.0131. The Bertz CT molecular complexity index is 594. The number of carbonyl (C=O) groups excluding carboxylic acids is 1. The van der Waals surface area contributed by atoms with Crippen molar-refractivity contribution in [1.29, 1.82) is 0 Å². The summed E-state index contributed by atoms with van der Waals surface area (Å²) in [7, 11) is 1.33. The number of benzene rings is 1. The van der Waals surface area contributed by atoms with Gasteiger partial charge in [-0.3, -0.25) is 0 Å². The van der Waals surface area contributed by atoms with E-state index in [1.165, 1.54) is 25.0 Å². The SMILES string of the molecule is O=C(OCCC1CC1)c1cc(S(=O)(=O)Cl)ccc1Cl. The Morgan fingerprint density at radius 2 is 2.05 bits per heavy atom. The largest absolute Gasteiger partial charge is 0.462 e. The Morgan fingerprint density at radius 3 is 2.63 bits per heavy atom. The molecule has 1 aromatic rings. The van der Waals surface area contributed by atoms with Gasteiger partial charge in [-0.1, -0.05) is 24.4 Å². The smallest absolute Gasteiger partial charge is 0.339 e. The Balaban J connectivity index is 2.10. The molecule has 1 saturated carbocycles. The van der Waals surface area contributed by atoms with Gasteiger partial charge in [-0.25, -0.2) is 13.2 Å². The van der Waals surface area contributed by atoms with Crippen LogP contribution in [0.3, 0.4) is 0 Å². The molecule has 0 spiro atoms. The molecule has 19 heavy (non-hydrogen) atoms. The molecule has 0 heterocycles. The lowest BCUT2D eigenvalue weighted by Crippen LogP contribution is -2.08. The fourth-order valence-corrected chi connectivity index (χ4v) is 2.59. The van der Waals surface area contributed by atoms with Crippen LogP contribution in [-0.4, -0.2) is 21.0 Å². The number of ether oxygens (including phenoxy) is 1. The lowest BCUT2D eigenvalue weighted by atomic mass is 10.2. The van der Waals surface area contributed by atoms with Crippen molar-refractivity contribution >= 4 is 37.3 Å². The summed E-state index contributed by atoms with van der Waals surface area (Å²) in [5.41, 5.74) is 0.0131. The summed E-state index contributed by atoms with van der Waals surface area (Å²) in [5.74, 6) is 0.0191. The average molecular weight is 323 g/mol. The van der Waals surface area contributed by atoms with Gasteiger partial charge in [0.05, 0.1) is 22.1 Å². The topological polar surface area (TPSA) is 60.4 Å². The van der Waals surface area contributed by atoms with E-state index in [0.29, 0.717) is 12.5 Å². The Kier molecular flexibility index (Phi) is 4.38. The summed E-state index contributed by atoms with van der Waals surface area (Å²) < 4.78 is 27.5. The van der Waals surface area contributed by atoms with Crippen molar-refractivity contribution in [2.75, 3.05) is 6.61 Å². The molecule has 0 bridgehead atoms. The van der Waals surface area contributed by atoms with Crippen LogP contribution in [-0.2, 0) is 13.8 Å². The fourth-order valence-electron chi connectivity index (χ4n) is 1.62. The monoisotopic (exact) mass is 322 g/mol. The van der Waals surface area contributed by atoms with Crippen LogP contribution in [0, 0.1) is 5.92 Å². The van der Waals surface area contributed by atoms with Crippen molar-refractivity contribution in [3.8, 4) is 0 Å². The molecule has 1 aliphatic carbocycles. The summed E-state index contributed by atoms with van der Waals surface area (Å²) in [6, 6.07) is 3.68. The highest BCUT2D eigenvalue weighted by Gasteiger charge is 2.22. The molecule has 0 unspecified atom stereocenters. The number of hydrogen-bond donors (Lipinski definition) is 0. The maximum absolute atomic E-state index is 11.8. The van der Waals surface area contributed by atoms with Gasteiger partial charge >= 0.3 is 5.97 Å². The van der Waals surface area contributed by atoms with Crippen LogP contribution in [0.25, 0.3) is 0 Å². The minimum atomic E-state index is -3.89. The van der Waals surface area contributed by atoms with Crippen molar-refractivity contribution in [2.45, 2.75) is 24.2 Å². The first-order valence-corrected chi connectivity index (χ1v) is 8.48. The molecule has 104 valence electrons. The van der Waals surface area contributed by atoms with Gasteiger partial charge in [-0.2, -0.15) is 0 Å². The molecule has 2 rings (SSSR count). The van der Waals surface area contributed by atoms with E-state index < -0.39 is 15.0 Å². The fraction of sp³-hybridized carbons (Fsp3) is 0.417. The van der Waals surface area contributed by atoms with Crippen LogP contribution >= 0.6 is 22.3 Å². The summed E-state index contributed by atoms with van der Waals surface area (Å²) >= 11 is 5.86. The standard InChI is InChI=1S/C12H12Cl2O4S/c13-11-4-3-9(19(14,16)17)7-10(11)12(15)18-6-5-8-1-2-8/h3-4,7-8H,1-2,5-6H2. The molecule has 1 aliphatic rings. The first kappa shape index (κ1) is 14.6. The van der Waals surface area contributed by atoms with Crippen molar-refractivity contribution in [3.63, 3.8) is 0 Å². The predicted molar refractivity (Wildman–Crippen MR) is 72.1 cm³/mol. The Morgan fingerprint density at radius 1 is 1.37 bits per heavy atom. The highest BCUT2D eigenvalue weighted by atomic mass is 35.7. The van der Waals surface area contributed by atoms with E-state index in [4.69, 9.17) is 27.0 Å². The molecular weight excluding hydrogens is 311 g/mol. The van der Waals surface area contributed by atoms with Crippen LogP contribution < -0.4 is 0 Å². The van der Waals surface area contributed by atoms with Crippen LogP contribution in [0.2, 0.25) is 5.02 Å². The minimum Gasteiger partial charge on any atom is -0.462 e. The van der Waals surface area contributed by atoms with Crippen LogP contribution in [0.4, 0.5) is 0 Å². The predicted octanol–water partition coefficient (Wildman–Crippen LogP) is 3.22. The lowest BCUT2D eigenvalue weighted by Gasteiger charge is -2.07. The zero-order valence-electron chi connectivity index (χ0n) is 9.93. The quantitative estimate of drug-likeness (QED) is 0.616. The van der Waals surface area contributed by atoms with Gasteiger partial charge in [0, 0.05) is 10.7 Å². The second-order valence-corrected chi connectivity index (χ2v) is 7.42. The lowest BCUT2D eigenvalue weighted by molar-refractivity contribution is 0.0495. The highest BCUT2D eigenvalue weighted by molar-refractivity contribution is 8.13. The summed E-state index contributed by atoms with van der Waals surface area (Å²) in [4.78, 5) is 11.6. The van der Waals surface area contributed by atoms with Crippen molar-refractivity contribution < 1.29 is 17.9 Å². The molecule has 7 heteroatoms. The van der Waals surface area contributed by atoms with E-state index in [0.717, 1.165) is 12.5 Å². The molecule has 1 aromatic carbocycles. The number of halogens is 2. The van der Waals surface area contributed by atoms with Gasteiger partial charge in [-0.15, -0.1) is 0 Å². The third-order valence-electron chi connectivity index (χ3n) is 2.90. The van der Waals surface area contributed by atoms with E-state index >= 15 is 0 Å². The van der Waals surface area contributed by atoms with E-state index in [2.05, 4.69) is 0 Å². The molecule has 0 amide bonds. The van der Waals surface area contributed by atoms with Gasteiger partial charge in [0.25, 0.3) is 9.05 Å². The molecule has 1 fully saturated rings. The summed E-state index contributed by atoms with van der Waals surface area (Å²) in [6.45, 7) is 0.317. The Labute approximate surface area is 121 Å². The summed E-state index contributed by atoms with van der Waals surface area (Å²) in [6.07, 6.45) is 3.19.